The molecule has 10 nitrogen and oxygen atoms in total. The summed E-state index contributed by atoms with van der Waals surface area (Å²) < 4.78 is 54.7. The number of carboxylic acid groups (broad SMARTS) is 1. The molecule has 2 aliphatic rings. The molecular weight excluding hydrogens is 531 g/mol. The van der Waals surface area contributed by atoms with Gasteiger partial charge in [-0.2, -0.15) is 28.1 Å². The topological polar surface area (TPSA) is 128 Å². The molecule has 0 amide bonds. The number of ether oxygens (including phenoxy) is 3. The van der Waals surface area contributed by atoms with Crippen LogP contribution in [0.25, 0.3) is 0 Å². The average Bonchev–Trinajstić information content (AvgIpc) is 2.91. The van der Waals surface area contributed by atoms with Gasteiger partial charge in [0.25, 0.3) is 0 Å². The molecule has 3 aromatic rings. The van der Waals surface area contributed by atoms with Gasteiger partial charge in [0.15, 0.2) is 6.61 Å². The molecule has 0 atom stereocenters. The molecule has 3 N–H and O–H groups in total. The van der Waals surface area contributed by atoms with Crippen molar-refractivity contribution in [2.75, 3.05) is 30.5 Å². The second-order valence-electron chi connectivity index (χ2n) is 9.13. The molecule has 214 valence electrons. The van der Waals surface area contributed by atoms with Gasteiger partial charge >= 0.3 is 18.2 Å². The van der Waals surface area contributed by atoms with Crippen molar-refractivity contribution in [1.29, 1.82) is 0 Å². The van der Waals surface area contributed by atoms with E-state index in [1.165, 1.54) is 18.2 Å². The van der Waals surface area contributed by atoms with Crippen LogP contribution < -0.4 is 24.8 Å². The number of benzene rings is 2. The Labute approximate surface area is 228 Å². The van der Waals surface area contributed by atoms with Gasteiger partial charge in [-0.3, -0.25) is 0 Å². The van der Waals surface area contributed by atoms with Crippen LogP contribution in [0.4, 0.5) is 30.8 Å². The van der Waals surface area contributed by atoms with Gasteiger partial charge in [-0.15, -0.1) is 0 Å². The van der Waals surface area contributed by atoms with E-state index in [0.717, 1.165) is 49.8 Å². The van der Waals surface area contributed by atoms with Crippen LogP contribution in [0, 0.1) is 0 Å². The van der Waals surface area contributed by atoms with E-state index in [9.17, 15) is 23.1 Å². The number of rotatable bonds is 3. The Morgan fingerprint density at radius 2 is 1.57 bits per heavy atom. The molecule has 2 aromatic carbocycles. The minimum Gasteiger partial charge on any atom is -0.494 e. The summed E-state index contributed by atoms with van der Waals surface area (Å²) in [6.45, 7) is -0.370. The Morgan fingerprint density at radius 3 is 2.27 bits per heavy atom. The largest absolute Gasteiger partial charge is 0.494 e. The normalized spacial score (nSPS) is 15.1. The molecule has 0 radical (unpaired) electrons. The van der Waals surface area contributed by atoms with Crippen LogP contribution in [-0.2, 0) is 6.54 Å². The quantitative estimate of drug-likeness (QED) is 0.351. The average molecular weight is 562 g/mol. The highest BCUT2D eigenvalue weighted by molar-refractivity contribution is 5.91. The number of carboxylic acids is 1. The molecule has 1 aromatic heterocycles. The van der Waals surface area contributed by atoms with E-state index in [-0.39, 0.29) is 29.8 Å². The lowest BCUT2D eigenvalue weighted by Gasteiger charge is -2.14. The number of aromatic carboxylic acids is 1. The van der Waals surface area contributed by atoms with Crippen molar-refractivity contribution in [3.8, 4) is 17.5 Å². The van der Waals surface area contributed by atoms with Crippen molar-refractivity contribution < 1.29 is 37.3 Å². The molecule has 13 heteroatoms. The first-order valence-corrected chi connectivity index (χ1v) is 12.9. The van der Waals surface area contributed by atoms with Crippen LogP contribution in [0.3, 0.4) is 0 Å². The predicted molar refractivity (Wildman–Crippen MR) is 141 cm³/mol. The van der Waals surface area contributed by atoms with Crippen molar-refractivity contribution in [3.63, 3.8) is 0 Å². The molecule has 3 heterocycles. The molecule has 2 aliphatic heterocycles. The number of fused-ring (bicyclic) bond motifs is 12. The summed E-state index contributed by atoms with van der Waals surface area (Å²) in [5.41, 5.74) is 1.21. The second kappa shape index (κ2) is 13.7. The van der Waals surface area contributed by atoms with Gasteiger partial charge in [-0.05, 0) is 42.7 Å². The Bertz CT molecular complexity index is 1270. The first-order valence-electron chi connectivity index (χ1n) is 12.9. The van der Waals surface area contributed by atoms with Gasteiger partial charge in [0.2, 0.25) is 11.9 Å². The number of hydrogen-bond acceptors (Lipinski definition) is 9. The van der Waals surface area contributed by atoms with Crippen LogP contribution in [0.15, 0.2) is 42.5 Å². The third-order valence-electron chi connectivity index (χ3n) is 5.89. The fourth-order valence-electron chi connectivity index (χ4n) is 3.90. The van der Waals surface area contributed by atoms with Gasteiger partial charge in [0, 0.05) is 18.3 Å². The van der Waals surface area contributed by atoms with E-state index < -0.39 is 24.8 Å². The molecule has 0 spiro atoms. The second-order valence-corrected chi connectivity index (χ2v) is 9.13. The summed E-state index contributed by atoms with van der Waals surface area (Å²) in [4.78, 5) is 23.8. The molecule has 0 saturated heterocycles. The number of carbonyl (C=O) groups is 1. The molecular formula is C27H30F3N5O5. The number of nitrogens with zero attached hydrogens (tertiary/aromatic N) is 3. The highest BCUT2D eigenvalue weighted by Gasteiger charge is 2.29. The first-order chi connectivity index (χ1) is 19.2. The summed E-state index contributed by atoms with van der Waals surface area (Å²) >= 11 is 0. The summed E-state index contributed by atoms with van der Waals surface area (Å²) in [6, 6.07) is 11.2. The zero-order chi connectivity index (χ0) is 28.4. The fourth-order valence-corrected chi connectivity index (χ4v) is 3.90. The summed E-state index contributed by atoms with van der Waals surface area (Å²) in [6.07, 6.45) is 1.17. The van der Waals surface area contributed by atoms with Crippen molar-refractivity contribution in [2.24, 2.45) is 0 Å². The summed E-state index contributed by atoms with van der Waals surface area (Å²) in [7, 11) is 0. The van der Waals surface area contributed by atoms with Crippen molar-refractivity contribution in [2.45, 2.75) is 51.2 Å². The first kappa shape index (κ1) is 28.7. The van der Waals surface area contributed by atoms with E-state index >= 15 is 0 Å². The monoisotopic (exact) mass is 561 g/mol. The highest BCUT2D eigenvalue weighted by Crippen LogP contribution is 2.27. The molecule has 0 saturated carbocycles. The van der Waals surface area contributed by atoms with Crippen LogP contribution >= 0.6 is 0 Å². The third-order valence-corrected chi connectivity index (χ3v) is 5.89. The predicted octanol–water partition coefficient (Wildman–Crippen LogP) is 5.98. The lowest BCUT2D eigenvalue weighted by atomic mass is 10.1. The number of alkyl halides is 3. The van der Waals surface area contributed by atoms with Gasteiger partial charge in [-0.25, -0.2) is 4.79 Å². The molecule has 0 fully saturated rings. The number of anilines is 3. The van der Waals surface area contributed by atoms with Crippen LogP contribution in [0.1, 0.15) is 54.4 Å². The standard InChI is InChI=1S/C27H30F3N5O5/c28-27(29,30)17-40-26-34-24-31-16-18-7-10-20(11-8-18)38-13-5-3-1-2-4-6-14-39-22-15-19(32-25(33-24)35-26)9-12-21(22)23(36)37/h7-12,15H,1-6,13-14,16-17H2,(H,36,37)(H2,31,32,33,34,35). The van der Waals surface area contributed by atoms with Crippen LogP contribution in [0.5, 0.6) is 17.5 Å². The maximum Gasteiger partial charge on any atom is 0.422 e. The number of nitrogens with one attached hydrogen (secondary N) is 2. The van der Waals surface area contributed by atoms with Crippen molar-refractivity contribution in [1.82, 2.24) is 15.0 Å². The van der Waals surface area contributed by atoms with Gasteiger partial charge in [0.1, 0.15) is 17.1 Å². The number of aromatic nitrogens is 3. The maximum absolute atomic E-state index is 12.8. The molecule has 0 aliphatic carbocycles. The molecule has 5 rings (SSSR count). The zero-order valence-electron chi connectivity index (χ0n) is 21.7. The highest BCUT2D eigenvalue weighted by atomic mass is 19.4. The van der Waals surface area contributed by atoms with Crippen LogP contribution in [-0.4, -0.2) is 52.0 Å². The number of halogens is 3. The van der Waals surface area contributed by atoms with E-state index in [2.05, 4.69) is 25.6 Å². The van der Waals surface area contributed by atoms with Gasteiger partial charge < -0.3 is 30.0 Å². The van der Waals surface area contributed by atoms with E-state index in [4.69, 9.17) is 14.2 Å². The Kier molecular flexibility index (Phi) is 9.81. The minimum absolute atomic E-state index is 0.0193. The smallest absolute Gasteiger partial charge is 0.422 e. The molecule has 40 heavy (non-hydrogen) atoms. The summed E-state index contributed by atoms with van der Waals surface area (Å²) in [5, 5.41) is 15.4. The SMILES string of the molecule is O=C(O)c1ccc2cc1OCCCCCCCCOc1ccc(cc1)CNc1nc(nc(OCC(F)(F)F)n1)N2. The minimum atomic E-state index is -4.59. The Morgan fingerprint density at radius 1 is 0.900 bits per heavy atom. The van der Waals surface area contributed by atoms with Crippen molar-refractivity contribution >= 4 is 23.6 Å². The zero-order valence-corrected chi connectivity index (χ0v) is 21.7. The summed E-state index contributed by atoms with van der Waals surface area (Å²) in [5.74, 6) is -0.380. The van der Waals surface area contributed by atoms with E-state index in [1.807, 2.05) is 24.3 Å². The number of hydrogen-bond donors (Lipinski definition) is 3. The van der Waals surface area contributed by atoms with E-state index in [1.54, 1.807) is 0 Å². The Hall–Kier alpha value is -4.29. The van der Waals surface area contributed by atoms with E-state index in [0.29, 0.717) is 18.9 Å². The van der Waals surface area contributed by atoms with Gasteiger partial charge in [0.05, 0.1) is 13.2 Å². The molecule has 0 unspecified atom stereocenters. The third kappa shape index (κ3) is 9.17. The van der Waals surface area contributed by atoms with Crippen LogP contribution in [0.2, 0.25) is 0 Å². The lowest BCUT2D eigenvalue weighted by molar-refractivity contribution is -0.154. The maximum atomic E-state index is 12.8. The molecule has 6 bridgehead atoms. The fraction of sp³-hybridized carbons (Fsp3) is 0.407. The Balaban J connectivity index is 1.60. The van der Waals surface area contributed by atoms with Crippen molar-refractivity contribution in [3.05, 3.63) is 53.6 Å². The lowest BCUT2D eigenvalue weighted by Crippen LogP contribution is -2.21. The van der Waals surface area contributed by atoms with Gasteiger partial charge in [-0.1, -0.05) is 37.8 Å².